The highest BCUT2D eigenvalue weighted by Crippen LogP contribution is 2.32. The summed E-state index contributed by atoms with van der Waals surface area (Å²) in [5, 5.41) is 0. The first-order valence-corrected chi connectivity index (χ1v) is 5.38. The van der Waals surface area contributed by atoms with E-state index >= 15 is 0 Å². The number of nitrogens with zero attached hydrogens (tertiary/aromatic N) is 2. The van der Waals surface area contributed by atoms with E-state index in [0.717, 1.165) is 5.69 Å². The molecule has 0 unspecified atom stereocenters. The molecule has 0 spiro atoms. The third-order valence-corrected chi connectivity index (χ3v) is 2.65. The molecule has 2 rings (SSSR count). The Bertz CT molecular complexity index is 500. The molecule has 5 heteroatoms. The number of para-hydroxylation sites is 2. The van der Waals surface area contributed by atoms with Crippen molar-refractivity contribution in [2.45, 2.75) is 0 Å². The number of rotatable bonds is 2. The molecule has 1 aliphatic rings. The van der Waals surface area contributed by atoms with E-state index in [1.165, 1.54) is 17.1 Å². The summed E-state index contributed by atoms with van der Waals surface area (Å²) in [5.74, 6) is -0.563. The van der Waals surface area contributed by atoms with E-state index in [1.807, 2.05) is 39.3 Å². The number of hydrogen-bond acceptors (Lipinski definition) is 2. The summed E-state index contributed by atoms with van der Waals surface area (Å²) in [7, 11) is 5.99. The summed E-state index contributed by atoms with van der Waals surface area (Å²) < 4.78 is 0.549. The molecule has 0 aliphatic carbocycles. The second-order valence-corrected chi connectivity index (χ2v) is 4.85. The third-order valence-electron chi connectivity index (χ3n) is 2.65. The average molecular weight is 358 g/mol. The van der Waals surface area contributed by atoms with Gasteiger partial charge in [-0.15, -0.1) is 0 Å². The number of carbonyl (C=O) groups excluding carboxylic acids is 2. The highest BCUT2D eigenvalue weighted by atomic mass is 127. The van der Waals surface area contributed by atoms with Gasteiger partial charge in [0.1, 0.15) is 5.69 Å². The highest BCUT2D eigenvalue weighted by Gasteiger charge is 2.30. The van der Waals surface area contributed by atoms with Gasteiger partial charge in [-0.2, -0.15) is 0 Å². The van der Waals surface area contributed by atoms with Crippen molar-refractivity contribution in [3.8, 4) is 0 Å². The average Bonchev–Trinajstić information content (AvgIpc) is 2.57. The molecule has 1 aromatic carbocycles. The van der Waals surface area contributed by atoms with Gasteiger partial charge in [0.2, 0.25) is 0 Å². The van der Waals surface area contributed by atoms with Crippen molar-refractivity contribution < 1.29 is 33.6 Å². The Morgan fingerprint density at radius 2 is 1.44 bits per heavy atom. The van der Waals surface area contributed by atoms with E-state index in [0.29, 0.717) is 10.2 Å². The van der Waals surface area contributed by atoms with Crippen LogP contribution in [0.2, 0.25) is 0 Å². The van der Waals surface area contributed by atoms with Gasteiger partial charge in [-0.05, 0) is 6.07 Å². The van der Waals surface area contributed by atoms with Crippen molar-refractivity contribution in [1.29, 1.82) is 0 Å². The van der Waals surface area contributed by atoms with E-state index in [4.69, 9.17) is 0 Å². The van der Waals surface area contributed by atoms with E-state index in [9.17, 15) is 9.59 Å². The quantitative estimate of drug-likeness (QED) is 0.360. The van der Waals surface area contributed by atoms with Gasteiger partial charge in [-0.25, -0.2) is 4.90 Å². The van der Waals surface area contributed by atoms with Crippen LogP contribution in [0.4, 0.5) is 11.4 Å². The Morgan fingerprint density at radius 1 is 0.944 bits per heavy atom. The molecule has 0 fully saturated rings. The van der Waals surface area contributed by atoms with Gasteiger partial charge in [0, 0.05) is 18.2 Å². The summed E-state index contributed by atoms with van der Waals surface area (Å²) in [6, 6.07) is 7.45. The van der Waals surface area contributed by atoms with Crippen LogP contribution in [0.3, 0.4) is 0 Å². The number of imide groups is 1. The van der Waals surface area contributed by atoms with E-state index < -0.39 is 0 Å². The fraction of sp³-hybridized carbons (Fsp3) is 0.231. The Balaban J connectivity index is 0.00000162. The van der Waals surface area contributed by atoms with Gasteiger partial charge in [0.15, 0.2) is 5.69 Å². The summed E-state index contributed by atoms with van der Waals surface area (Å²) >= 11 is 0. The Labute approximate surface area is 123 Å². The number of halogens is 1. The van der Waals surface area contributed by atoms with Crippen molar-refractivity contribution in [3.05, 3.63) is 36.4 Å². The van der Waals surface area contributed by atoms with Crippen LogP contribution < -0.4 is 33.4 Å². The van der Waals surface area contributed by atoms with Gasteiger partial charge in [-0.3, -0.25) is 14.1 Å². The molecule has 0 bridgehead atoms. The fourth-order valence-electron chi connectivity index (χ4n) is 1.86. The standard InChI is InChI=1S/C13H15N2O2.HI/c1-15(2,3)11-7-5-4-6-10(11)14-12(16)8-9-13(14)17;/h4-9H,1-3H3;1H/q+1;/p-1. The van der Waals surface area contributed by atoms with Crippen molar-refractivity contribution in [2.75, 3.05) is 26.0 Å². The molecule has 1 aliphatic heterocycles. The zero-order valence-electron chi connectivity index (χ0n) is 10.6. The molecule has 2 amide bonds. The lowest BCUT2D eigenvalue weighted by Gasteiger charge is -2.28. The summed E-state index contributed by atoms with van der Waals surface area (Å²) in [4.78, 5) is 24.6. The first kappa shape index (κ1) is 14.8. The lowest BCUT2D eigenvalue weighted by atomic mass is 10.2. The predicted octanol–water partition coefficient (Wildman–Crippen LogP) is -1.68. The number of benzene rings is 1. The van der Waals surface area contributed by atoms with Crippen LogP contribution in [0.1, 0.15) is 0 Å². The largest absolute Gasteiger partial charge is 1.00 e. The molecule has 0 saturated carbocycles. The number of quaternary nitrogens is 1. The maximum atomic E-state index is 11.7. The lowest BCUT2D eigenvalue weighted by molar-refractivity contribution is -0.119. The SMILES string of the molecule is C[N+](C)(C)c1ccccc1N1C(=O)C=CC1=O.[I-]. The molecule has 18 heavy (non-hydrogen) atoms. The Morgan fingerprint density at radius 3 is 1.94 bits per heavy atom. The summed E-state index contributed by atoms with van der Waals surface area (Å²) in [5.41, 5.74) is 1.58. The van der Waals surface area contributed by atoms with Crippen molar-refractivity contribution in [1.82, 2.24) is 4.48 Å². The molecule has 4 nitrogen and oxygen atoms in total. The molecule has 96 valence electrons. The molecule has 1 heterocycles. The fourth-order valence-corrected chi connectivity index (χ4v) is 1.86. The molecule has 0 aromatic heterocycles. The number of anilines is 1. The lowest BCUT2D eigenvalue weighted by Crippen LogP contribution is -3.00. The van der Waals surface area contributed by atoms with Gasteiger partial charge in [0.05, 0.1) is 21.1 Å². The van der Waals surface area contributed by atoms with E-state index in [2.05, 4.69) is 0 Å². The zero-order valence-corrected chi connectivity index (χ0v) is 12.7. The minimum absolute atomic E-state index is 0. The van der Waals surface area contributed by atoms with Crippen molar-refractivity contribution in [3.63, 3.8) is 0 Å². The van der Waals surface area contributed by atoms with Crippen LogP contribution in [-0.4, -0.2) is 33.0 Å². The van der Waals surface area contributed by atoms with Crippen LogP contribution in [-0.2, 0) is 9.59 Å². The Hall–Kier alpha value is -1.21. The normalized spacial score (nSPS) is 14.9. The van der Waals surface area contributed by atoms with Crippen molar-refractivity contribution >= 4 is 23.2 Å². The first-order chi connectivity index (χ1) is 7.91. The zero-order chi connectivity index (χ0) is 12.6. The summed E-state index contributed by atoms with van der Waals surface area (Å²) in [6.45, 7) is 0. The van der Waals surface area contributed by atoms with Crippen LogP contribution >= 0.6 is 0 Å². The van der Waals surface area contributed by atoms with Gasteiger partial charge >= 0.3 is 0 Å². The summed E-state index contributed by atoms with van der Waals surface area (Å²) in [6.07, 6.45) is 2.60. The maximum Gasteiger partial charge on any atom is 0.258 e. The Kier molecular flexibility index (Phi) is 4.28. The molecule has 0 radical (unpaired) electrons. The minimum atomic E-state index is -0.282. The number of hydrogen-bond donors (Lipinski definition) is 0. The molecule has 0 saturated heterocycles. The van der Waals surface area contributed by atoms with Crippen molar-refractivity contribution in [2.24, 2.45) is 0 Å². The smallest absolute Gasteiger partial charge is 0.258 e. The monoisotopic (exact) mass is 358 g/mol. The second-order valence-electron chi connectivity index (χ2n) is 4.85. The minimum Gasteiger partial charge on any atom is -1.00 e. The van der Waals surface area contributed by atoms with E-state index in [-0.39, 0.29) is 35.8 Å². The molecule has 0 atom stereocenters. The topological polar surface area (TPSA) is 37.4 Å². The van der Waals surface area contributed by atoms with Crippen LogP contribution in [0.15, 0.2) is 36.4 Å². The third kappa shape index (κ3) is 2.62. The molecular weight excluding hydrogens is 343 g/mol. The maximum absolute atomic E-state index is 11.7. The van der Waals surface area contributed by atoms with Crippen LogP contribution in [0.25, 0.3) is 0 Å². The number of amides is 2. The second kappa shape index (κ2) is 5.19. The van der Waals surface area contributed by atoms with Gasteiger partial charge in [-0.1, -0.05) is 12.1 Å². The molecular formula is C13H15IN2O2. The predicted molar refractivity (Wildman–Crippen MR) is 67.6 cm³/mol. The molecule has 1 aromatic rings. The number of carbonyl (C=O) groups is 2. The van der Waals surface area contributed by atoms with Crippen LogP contribution in [0.5, 0.6) is 0 Å². The van der Waals surface area contributed by atoms with E-state index in [1.54, 1.807) is 6.07 Å². The van der Waals surface area contributed by atoms with Gasteiger partial charge < -0.3 is 24.0 Å². The van der Waals surface area contributed by atoms with Crippen LogP contribution in [0, 0.1) is 0 Å². The highest BCUT2D eigenvalue weighted by molar-refractivity contribution is 6.29. The molecule has 0 N–H and O–H groups in total. The first-order valence-electron chi connectivity index (χ1n) is 5.38. The van der Waals surface area contributed by atoms with Gasteiger partial charge in [0.25, 0.3) is 11.8 Å².